The van der Waals surface area contributed by atoms with Gasteiger partial charge in [0.25, 0.3) is 0 Å². The van der Waals surface area contributed by atoms with Crippen LogP contribution in [-0.4, -0.2) is 20.2 Å². The number of nitrogens with one attached hydrogen (secondary N) is 2. The zero-order valence-electron chi connectivity index (χ0n) is 6.61. The van der Waals surface area contributed by atoms with Gasteiger partial charge in [-0.2, -0.15) is 5.10 Å². The van der Waals surface area contributed by atoms with Crippen LogP contribution in [0.2, 0.25) is 0 Å². The molecule has 0 aromatic carbocycles. The van der Waals surface area contributed by atoms with Gasteiger partial charge in [0, 0.05) is 6.20 Å². The van der Waals surface area contributed by atoms with Crippen LogP contribution in [-0.2, 0) is 0 Å². The molecule has 0 radical (unpaired) electrons. The summed E-state index contributed by atoms with van der Waals surface area (Å²) in [6, 6.07) is 1.80. The topological polar surface area (TPSA) is 83.4 Å². The van der Waals surface area contributed by atoms with Gasteiger partial charge in [-0.3, -0.25) is 5.10 Å². The maximum atomic E-state index is 5.69. The number of anilines is 1. The van der Waals surface area contributed by atoms with Crippen molar-refractivity contribution in [2.75, 3.05) is 5.73 Å². The fourth-order valence-electron chi connectivity index (χ4n) is 1.02. The number of nitrogens with zero attached hydrogens (tertiary/aromatic N) is 2. The van der Waals surface area contributed by atoms with Gasteiger partial charge in [-0.05, 0) is 18.3 Å². The van der Waals surface area contributed by atoms with Crippen LogP contribution in [0.4, 0.5) is 5.69 Å². The Hall–Kier alpha value is -1.69. The van der Waals surface area contributed by atoms with Gasteiger partial charge in [-0.25, -0.2) is 4.98 Å². The zero-order valence-corrected chi connectivity index (χ0v) is 7.43. The molecule has 5 nitrogen and oxygen atoms in total. The van der Waals surface area contributed by atoms with Crippen molar-refractivity contribution in [1.82, 2.24) is 20.2 Å². The average Bonchev–Trinajstić information content (AvgIpc) is 2.61. The van der Waals surface area contributed by atoms with E-state index in [2.05, 4.69) is 20.2 Å². The number of H-pyrrole nitrogens is 2. The van der Waals surface area contributed by atoms with E-state index in [-0.39, 0.29) is 0 Å². The first kappa shape index (κ1) is 7.93. The third-order valence-electron chi connectivity index (χ3n) is 1.61. The van der Waals surface area contributed by atoms with Gasteiger partial charge >= 0.3 is 0 Å². The fraction of sp³-hybridized carbons (Fsp3) is 0. The van der Waals surface area contributed by atoms with Crippen LogP contribution in [0, 0.1) is 4.77 Å². The lowest BCUT2D eigenvalue weighted by Crippen LogP contribution is -1.95. The Morgan fingerprint density at radius 1 is 1.46 bits per heavy atom. The molecule has 6 heteroatoms. The van der Waals surface area contributed by atoms with Gasteiger partial charge in [-0.1, -0.05) is 0 Å². The molecule has 0 aliphatic carbocycles. The lowest BCUT2D eigenvalue weighted by molar-refractivity contribution is 1.07. The first-order valence-electron chi connectivity index (χ1n) is 3.62. The third kappa shape index (κ3) is 1.43. The van der Waals surface area contributed by atoms with Gasteiger partial charge < -0.3 is 10.7 Å². The molecule has 0 atom stereocenters. The van der Waals surface area contributed by atoms with Crippen molar-refractivity contribution in [2.24, 2.45) is 0 Å². The van der Waals surface area contributed by atoms with E-state index >= 15 is 0 Å². The van der Waals surface area contributed by atoms with Crippen LogP contribution in [0.3, 0.4) is 0 Å². The second-order valence-corrected chi connectivity index (χ2v) is 2.88. The lowest BCUT2D eigenvalue weighted by Gasteiger charge is -2.00. The van der Waals surface area contributed by atoms with Crippen molar-refractivity contribution < 1.29 is 0 Å². The maximum Gasteiger partial charge on any atom is 0.197 e. The molecule has 2 aromatic rings. The van der Waals surface area contributed by atoms with Gasteiger partial charge in [0.2, 0.25) is 0 Å². The predicted molar refractivity (Wildman–Crippen MR) is 51.4 cm³/mol. The van der Waals surface area contributed by atoms with E-state index in [0.717, 1.165) is 11.4 Å². The summed E-state index contributed by atoms with van der Waals surface area (Å²) in [6.07, 6.45) is 3.17. The molecule has 0 aliphatic rings. The van der Waals surface area contributed by atoms with Crippen LogP contribution < -0.4 is 5.73 Å². The van der Waals surface area contributed by atoms with Crippen LogP contribution in [0.15, 0.2) is 18.5 Å². The number of hydrogen-bond acceptors (Lipinski definition) is 4. The number of aromatic amines is 2. The van der Waals surface area contributed by atoms with Crippen LogP contribution >= 0.6 is 12.2 Å². The van der Waals surface area contributed by atoms with E-state index in [1.807, 2.05) is 0 Å². The maximum absolute atomic E-state index is 5.69. The van der Waals surface area contributed by atoms with E-state index in [9.17, 15) is 0 Å². The van der Waals surface area contributed by atoms with Crippen molar-refractivity contribution >= 4 is 17.9 Å². The molecule has 13 heavy (non-hydrogen) atoms. The summed E-state index contributed by atoms with van der Waals surface area (Å²) in [4.78, 5) is 6.73. The molecule has 0 amide bonds. The monoisotopic (exact) mass is 193 g/mol. The minimum Gasteiger partial charge on any atom is -0.396 e. The molecular weight excluding hydrogens is 186 g/mol. The van der Waals surface area contributed by atoms with E-state index in [4.69, 9.17) is 18.0 Å². The van der Waals surface area contributed by atoms with Crippen molar-refractivity contribution in [2.45, 2.75) is 0 Å². The molecule has 66 valence electrons. The summed E-state index contributed by atoms with van der Waals surface area (Å²) < 4.78 is 0.402. The first-order valence-corrected chi connectivity index (χ1v) is 4.03. The highest BCUT2D eigenvalue weighted by atomic mass is 32.1. The molecular formula is C7H7N5S. The van der Waals surface area contributed by atoms with Crippen LogP contribution in [0.5, 0.6) is 0 Å². The summed E-state index contributed by atoms with van der Waals surface area (Å²) in [5.74, 6) is 0. The molecule has 0 unspecified atom stereocenters. The highest BCUT2D eigenvalue weighted by Crippen LogP contribution is 2.18. The highest BCUT2D eigenvalue weighted by molar-refractivity contribution is 7.71. The molecule has 0 bridgehead atoms. The minimum atomic E-state index is 0.402. The van der Waals surface area contributed by atoms with Gasteiger partial charge in [0.15, 0.2) is 4.77 Å². The number of rotatable bonds is 1. The Kier molecular flexibility index (Phi) is 1.82. The summed E-state index contributed by atoms with van der Waals surface area (Å²) in [5.41, 5.74) is 7.75. The number of aromatic nitrogens is 4. The molecule has 4 N–H and O–H groups in total. The Morgan fingerprint density at radius 2 is 2.31 bits per heavy atom. The van der Waals surface area contributed by atoms with Gasteiger partial charge in [0.1, 0.15) is 0 Å². The minimum absolute atomic E-state index is 0.402. The van der Waals surface area contributed by atoms with Crippen LogP contribution in [0.1, 0.15) is 0 Å². The smallest absolute Gasteiger partial charge is 0.197 e. The number of hydrogen-bond donors (Lipinski definition) is 3. The van der Waals surface area contributed by atoms with E-state index in [1.54, 1.807) is 12.3 Å². The van der Waals surface area contributed by atoms with E-state index < -0.39 is 0 Å². The first-order chi connectivity index (χ1) is 6.27. The Balaban J connectivity index is 2.64. The Labute approximate surface area is 79.0 Å². The van der Waals surface area contributed by atoms with Crippen molar-refractivity contribution in [3.63, 3.8) is 0 Å². The molecule has 2 heterocycles. The number of nitrogen functional groups attached to an aromatic ring is 1. The molecule has 0 fully saturated rings. The summed E-state index contributed by atoms with van der Waals surface area (Å²) in [6.45, 7) is 0. The predicted octanol–water partition coefficient (Wildman–Crippen LogP) is 1.11. The molecule has 2 rings (SSSR count). The normalized spacial score (nSPS) is 10.2. The largest absolute Gasteiger partial charge is 0.396 e. The summed E-state index contributed by atoms with van der Waals surface area (Å²) >= 11 is 4.88. The lowest BCUT2D eigenvalue weighted by atomic mass is 10.3. The van der Waals surface area contributed by atoms with Gasteiger partial charge in [-0.15, -0.1) is 0 Å². The Morgan fingerprint density at radius 3 is 3.00 bits per heavy atom. The van der Waals surface area contributed by atoms with Crippen LogP contribution in [0.25, 0.3) is 11.4 Å². The summed E-state index contributed by atoms with van der Waals surface area (Å²) in [5, 5.41) is 6.60. The molecule has 0 aliphatic heterocycles. The Bertz CT molecular complexity index is 458. The average molecular weight is 193 g/mol. The molecule has 0 saturated heterocycles. The zero-order chi connectivity index (χ0) is 9.26. The highest BCUT2D eigenvalue weighted by Gasteiger charge is 2.03. The second-order valence-electron chi connectivity index (χ2n) is 2.49. The SMILES string of the molecule is Nc1cnc(=S)[nH]c1-c1ccn[nH]1. The van der Waals surface area contributed by atoms with Crippen molar-refractivity contribution in [3.8, 4) is 11.4 Å². The van der Waals surface area contributed by atoms with E-state index in [1.165, 1.54) is 6.20 Å². The van der Waals surface area contributed by atoms with Crippen molar-refractivity contribution in [1.29, 1.82) is 0 Å². The quantitative estimate of drug-likeness (QED) is 0.592. The number of nitrogens with two attached hydrogens (primary N) is 1. The molecule has 0 saturated carbocycles. The summed E-state index contributed by atoms with van der Waals surface area (Å²) in [7, 11) is 0. The second kappa shape index (κ2) is 2.98. The van der Waals surface area contributed by atoms with Gasteiger partial charge in [0.05, 0.1) is 23.3 Å². The standard InChI is InChI=1S/C7H7N5S/c8-4-3-9-7(13)11-6(4)5-1-2-10-12-5/h1-3H,8H2,(H,10,12)(H,9,11,13). The fourth-order valence-corrected chi connectivity index (χ4v) is 1.18. The van der Waals surface area contributed by atoms with Crippen molar-refractivity contribution in [3.05, 3.63) is 23.2 Å². The third-order valence-corrected chi connectivity index (χ3v) is 1.82. The molecule has 0 spiro atoms. The van der Waals surface area contributed by atoms with E-state index in [0.29, 0.717) is 10.5 Å². The molecule has 2 aromatic heterocycles.